The van der Waals surface area contributed by atoms with E-state index in [0.717, 1.165) is 103 Å². The van der Waals surface area contributed by atoms with Crippen molar-refractivity contribution in [2.75, 3.05) is 47.5 Å². The average Bonchev–Trinajstić information content (AvgIpc) is 3.29. The second kappa shape index (κ2) is 48.9. The molecule has 0 heterocycles. The fourth-order valence-electron chi connectivity index (χ4n) is 7.01. The van der Waals surface area contributed by atoms with Gasteiger partial charge in [-0.3, -0.25) is 9.59 Å². The molecule has 1 N–H and O–H groups in total. The molecule has 2 atom stereocenters. The van der Waals surface area contributed by atoms with Crippen LogP contribution in [0.15, 0.2) is 85.1 Å². The quantitative estimate of drug-likeness (QED) is 0.0211. The molecule has 0 amide bonds. The first-order valence-corrected chi connectivity index (χ1v) is 26.8. The predicted molar refractivity (Wildman–Crippen MR) is 281 cm³/mol. The molecule has 9 nitrogen and oxygen atoms in total. The van der Waals surface area contributed by atoms with E-state index < -0.39 is 24.3 Å². The van der Waals surface area contributed by atoms with Crippen molar-refractivity contribution in [1.82, 2.24) is 0 Å². The van der Waals surface area contributed by atoms with Crippen LogP contribution < -0.4 is 0 Å². The summed E-state index contributed by atoms with van der Waals surface area (Å²) in [7, 11) is 5.95. The van der Waals surface area contributed by atoms with Crippen molar-refractivity contribution in [3.8, 4) is 0 Å². The number of carboxylic acid groups (broad SMARTS) is 1. The van der Waals surface area contributed by atoms with E-state index in [4.69, 9.17) is 18.9 Å². The number of hydrogen-bond donors (Lipinski definition) is 1. The van der Waals surface area contributed by atoms with Crippen LogP contribution in [0, 0.1) is 0 Å². The molecule has 0 fully saturated rings. The van der Waals surface area contributed by atoms with Crippen molar-refractivity contribution in [3.05, 3.63) is 85.1 Å². The number of ether oxygens (including phenoxy) is 4. The molecule has 0 saturated heterocycles. The number of aliphatic carboxylic acids is 1. The Kier molecular flexibility index (Phi) is 46.3. The van der Waals surface area contributed by atoms with Crippen LogP contribution in [0.4, 0.5) is 0 Å². The molecule has 0 spiro atoms. The lowest BCUT2D eigenvalue weighted by Gasteiger charge is -2.25. The van der Waals surface area contributed by atoms with Crippen molar-refractivity contribution < 1.29 is 42.9 Å². The molecule has 2 unspecified atom stereocenters. The second-order valence-electron chi connectivity index (χ2n) is 18.8. The fourth-order valence-corrected chi connectivity index (χ4v) is 7.01. The summed E-state index contributed by atoms with van der Waals surface area (Å²) >= 11 is 0. The summed E-state index contributed by atoms with van der Waals surface area (Å²) in [6.45, 7) is 4.73. The highest BCUT2D eigenvalue weighted by molar-refractivity contribution is 5.71. The van der Waals surface area contributed by atoms with Gasteiger partial charge in [-0.2, -0.15) is 0 Å². The molecular formula is C58H100NO8+. The summed E-state index contributed by atoms with van der Waals surface area (Å²) in [6.07, 6.45) is 60.7. The number of allylic oxidation sites excluding steroid dienone is 14. The monoisotopic (exact) mass is 939 g/mol. The van der Waals surface area contributed by atoms with E-state index in [1.165, 1.54) is 70.6 Å². The fraction of sp³-hybridized carbons (Fsp3) is 0.707. The topological polar surface area (TPSA) is 108 Å². The van der Waals surface area contributed by atoms with E-state index in [9.17, 15) is 19.5 Å². The molecule has 0 saturated carbocycles. The van der Waals surface area contributed by atoms with Gasteiger partial charge in [-0.1, -0.05) is 189 Å². The number of unbranched alkanes of at least 4 members (excludes halogenated alkanes) is 19. The van der Waals surface area contributed by atoms with Crippen molar-refractivity contribution in [2.24, 2.45) is 0 Å². The van der Waals surface area contributed by atoms with E-state index in [2.05, 4.69) is 98.9 Å². The van der Waals surface area contributed by atoms with E-state index in [1.807, 2.05) is 21.1 Å². The molecular weight excluding hydrogens is 839 g/mol. The number of carboxylic acids is 1. The Morgan fingerprint density at radius 3 is 1.28 bits per heavy atom. The van der Waals surface area contributed by atoms with Gasteiger partial charge in [0.05, 0.1) is 34.4 Å². The molecule has 0 aromatic heterocycles. The maximum atomic E-state index is 12.8. The van der Waals surface area contributed by atoms with Crippen molar-refractivity contribution >= 4 is 17.9 Å². The number of carbonyl (C=O) groups excluding carboxylic acids is 2. The summed E-state index contributed by atoms with van der Waals surface area (Å²) in [5.41, 5.74) is 0. The van der Waals surface area contributed by atoms with E-state index >= 15 is 0 Å². The molecule has 9 heteroatoms. The largest absolute Gasteiger partial charge is 0.477 e. The summed E-state index contributed by atoms with van der Waals surface area (Å²) in [4.78, 5) is 37.3. The van der Waals surface area contributed by atoms with E-state index in [1.54, 1.807) is 0 Å². The third-order valence-electron chi connectivity index (χ3n) is 11.1. The lowest BCUT2D eigenvalue weighted by molar-refractivity contribution is -0.870. The minimum Gasteiger partial charge on any atom is -0.477 e. The van der Waals surface area contributed by atoms with Gasteiger partial charge in [-0.05, 0) is 89.9 Å². The first-order chi connectivity index (χ1) is 32.6. The van der Waals surface area contributed by atoms with Gasteiger partial charge in [0, 0.05) is 12.8 Å². The number of esters is 2. The number of carbonyl (C=O) groups is 3. The van der Waals surface area contributed by atoms with Crippen LogP contribution >= 0.6 is 0 Å². The highest BCUT2D eigenvalue weighted by Gasteiger charge is 2.25. The lowest BCUT2D eigenvalue weighted by Crippen LogP contribution is -2.40. The van der Waals surface area contributed by atoms with Crippen molar-refractivity contribution in [3.63, 3.8) is 0 Å². The van der Waals surface area contributed by atoms with Gasteiger partial charge < -0.3 is 28.5 Å². The van der Waals surface area contributed by atoms with Gasteiger partial charge in [0.2, 0.25) is 0 Å². The highest BCUT2D eigenvalue weighted by atomic mass is 16.7. The van der Waals surface area contributed by atoms with Crippen LogP contribution in [0.5, 0.6) is 0 Å². The Labute approximate surface area is 410 Å². The number of quaternary nitrogens is 1. The standard InChI is InChI=1S/C58H99NO8/c1-6-8-10-12-14-16-18-20-22-24-25-26-27-28-29-30-31-33-35-37-39-41-43-45-47-49-56(61)67-54(53-66-58(57(62)63)64-51-50-59(3,4)5)52-65-55(60)48-46-44-42-40-38-36-34-32-23-21-19-17-15-13-11-9-7-2/h8,10,14,16,20-23,25-26,28-29,31,33,54,58H,6-7,9,11-13,15,17-19,24,27,30,32,34-53H2,1-5H3/p+1/b10-8-,16-14-,22-20-,23-21-,26-25-,29-28-,33-31-. The molecule has 0 aliphatic carbocycles. The maximum absolute atomic E-state index is 12.8. The molecule has 384 valence electrons. The van der Waals surface area contributed by atoms with Crippen LogP contribution in [0.1, 0.15) is 206 Å². The van der Waals surface area contributed by atoms with Crippen molar-refractivity contribution in [2.45, 2.75) is 219 Å². The highest BCUT2D eigenvalue weighted by Crippen LogP contribution is 2.14. The average molecular weight is 939 g/mol. The molecule has 67 heavy (non-hydrogen) atoms. The van der Waals surface area contributed by atoms with Crippen LogP contribution in [-0.2, 0) is 33.3 Å². The van der Waals surface area contributed by atoms with Crippen molar-refractivity contribution in [1.29, 1.82) is 0 Å². The molecule has 0 bridgehead atoms. The van der Waals surface area contributed by atoms with Gasteiger partial charge in [0.15, 0.2) is 6.10 Å². The summed E-state index contributed by atoms with van der Waals surface area (Å²) in [5.74, 6) is -2.04. The summed E-state index contributed by atoms with van der Waals surface area (Å²) in [5, 5.41) is 9.68. The third kappa shape index (κ3) is 50.2. The van der Waals surface area contributed by atoms with Crippen LogP contribution in [0.25, 0.3) is 0 Å². The second-order valence-corrected chi connectivity index (χ2v) is 18.8. The molecule has 0 aromatic rings. The molecule has 0 aromatic carbocycles. The first-order valence-electron chi connectivity index (χ1n) is 26.8. The van der Waals surface area contributed by atoms with Gasteiger partial charge in [0.1, 0.15) is 13.2 Å². The van der Waals surface area contributed by atoms with E-state index in [0.29, 0.717) is 17.4 Å². The zero-order valence-corrected chi connectivity index (χ0v) is 43.5. The van der Waals surface area contributed by atoms with Gasteiger partial charge in [-0.15, -0.1) is 0 Å². The maximum Gasteiger partial charge on any atom is 0.361 e. The van der Waals surface area contributed by atoms with Crippen LogP contribution in [0.2, 0.25) is 0 Å². The van der Waals surface area contributed by atoms with Crippen LogP contribution in [0.3, 0.4) is 0 Å². The summed E-state index contributed by atoms with van der Waals surface area (Å²) in [6, 6.07) is 0. The minimum atomic E-state index is -1.52. The normalized spacial score (nSPS) is 13.5. The van der Waals surface area contributed by atoms with Gasteiger partial charge in [-0.25, -0.2) is 4.79 Å². The minimum absolute atomic E-state index is 0.180. The number of rotatable bonds is 48. The molecule has 0 rings (SSSR count). The Bertz CT molecular complexity index is 1370. The number of likely N-dealkylation sites (N-methyl/N-ethyl adjacent to an activating group) is 1. The zero-order valence-electron chi connectivity index (χ0n) is 43.5. The Hall–Kier alpha value is -3.53. The summed E-state index contributed by atoms with van der Waals surface area (Å²) < 4.78 is 22.8. The zero-order chi connectivity index (χ0) is 49.2. The lowest BCUT2D eigenvalue weighted by atomic mass is 10.1. The molecule has 0 aliphatic rings. The third-order valence-corrected chi connectivity index (χ3v) is 11.1. The van der Waals surface area contributed by atoms with Gasteiger partial charge >= 0.3 is 17.9 Å². The Morgan fingerprint density at radius 2 is 0.851 bits per heavy atom. The van der Waals surface area contributed by atoms with Crippen LogP contribution in [-0.4, -0.2) is 87.4 Å². The Morgan fingerprint density at radius 1 is 0.463 bits per heavy atom. The SMILES string of the molecule is CC/C=C\C/C=C\C/C=C\C/C=C\C/C=C\C/C=C\CCCCCCCCC(=O)OC(COC(=O)CCCCCCCCC/C=C\CCCCCCCC)COC(OCC[N+](C)(C)C)C(=O)O. The molecule has 0 aliphatic heterocycles. The predicted octanol–water partition coefficient (Wildman–Crippen LogP) is 15.2. The first kappa shape index (κ1) is 63.5. The van der Waals surface area contributed by atoms with Gasteiger partial charge in [0.25, 0.3) is 6.29 Å². The number of nitrogens with zero attached hydrogens (tertiary/aromatic N) is 1. The van der Waals surface area contributed by atoms with E-state index in [-0.39, 0.29) is 38.6 Å². The smallest absolute Gasteiger partial charge is 0.361 e. The Balaban J connectivity index is 4.37. The number of hydrogen-bond acceptors (Lipinski definition) is 7. The molecule has 0 radical (unpaired) electrons.